The quantitative estimate of drug-likeness (QED) is 0.0776. The number of pyridine rings is 2. The van der Waals surface area contributed by atoms with Crippen LogP contribution in [0.1, 0.15) is 109 Å². The average molecular weight is 677 g/mol. The van der Waals surface area contributed by atoms with Gasteiger partial charge in [0.1, 0.15) is 0 Å². The maximum atomic E-state index is 14.3. The van der Waals surface area contributed by atoms with Crippen LogP contribution >= 0.6 is 0 Å². The van der Waals surface area contributed by atoms with E-state index in [4.69, 9.17) is 0 Å². The number of nitrogens with zero attached hydrogens (tertiary/aromatic N) is 2. The van der Waals surface area contributed by atoms with Gasteiger partial charge in [-0.1, -0.05) is 64.0 Å². The zero-order valence-corrected chi connectivity index (χ0v) is 30.5. The predicted octanol–water partition coefficient (Wildman–Crippen LogP) is 10.3. The lowest BCUT2D eigenvalue weighted by Crippen LogP contribution is -2.35. The van der Waals surface area contributed by atoms with Gasteiger partial charge in [0.2, 0.25) is 0 Å². The van der Waals surface area contributed by atoms with E-state index in [1.54, 1.807) is 0 Å². The average Bonchev–Trinajstić information content (AvgIpc) is 3.09. The molecule has 258 valence electrons. The van der Waals surface area contributed by atoms with Crippen molar-refractivity contribution in [3.05, 3.63) is 88.9 Å². The van der Waals surface area contributed by atoms with Crippen LogP contribution in [0.2, 0.25) is 0 Å². The standard InChI is InChI=1S/C45H44N2O4/c1-7-8-9-10-11-12-13-14-15-25-17-27-19-31-36-32(44(50)46(22(2)3)43(31)49)20-28-24(6)16-26-18-30-37-33(45(51)47(23(4)5)42(30)48)21-29(25)39-35(27)40(36)38(28)34(26)41(37)39/h16-23H,7-15H2,1-6H3. The second-order valence-electron chi connectivity index (χ2n) is 15.8. The van der Waals surface area contributed by atoms with Crippen LogP contribution in [0, 0.1) is 6.92 Å². The Hall–Kier alpha value is -4.84. The van der Waals surface area contributed by atoms with E-state index in [9.17, 15) is 19.2 Å². The molecule has 2 heterocycles. The molecular formula is C45H44N2O4. The van der Waals surface area contributed by atoms with Crippen LogP contribution in [0.25, 0.3) is 86.2 Å². The first-order chi connectivity index (χ1) is 24.5. The summed E-state index contributed by atoms with van der Waals surface area (Å²) in [5, 5.41) is 13.6. The molecule has 0 aliphatic carbocycles. The summed E-state index contributed by atoms with van der Waals surface area (Å²) < 4.78 is 2.82. The molecule has 2 aromatic heterocycles. The van der Waals surface area contributed by atoms with Crippen LogP contribution in [0.5, 0.6) is 0 Å². The van der Waals surface area contributed by atoms with Gasteiger partial charge in [-0.05, 0) is 126 Å². The lowest BCUT2D eigenvalue weighted by Gasteiger charge is -2.26. The molecule has 9 rings (SSSR count). The van der Waals surface area contributed by atoms with Crippen molar-refractivity contribution in [3.8, 4) is 0 Å². The van der Waals surface area contributed by atoms with Crippen LogP contribution in [-0.4, -0.2) is 9.13 Å². The van der Waals surface area contributed by atoms with Gasteiger partial charge in [-0.3, -0.25) is 28.3 Å². The van der Waals surface area contributed by atoms with Crippen molar-refractivity contribution >= 4 is 86.2 Å². The number of aromatic nitrogens is 2. The SMILES string of the molecule is CCCCCCCCCCc1cc2cc3c(=O)n(C(C)C)c(=O)c4cc5c(C)cc6cc7c(=O)n(C(C)C)c(=O)c8cc1c1c2c(c34)c5c6c1c78. The molecule has 0 radical (unpaired) electrons. The van der Waals surface area contributed by atoms with E-state index < -0.39 is 0 Å². The van der Waals surface area contributed by atoms with E-state index in [-0.39, 0.29) is 34.3 Å². The molecule has 0 amide bonds. The molecule has 7 aromatic carbocycles. The molecule has 6 nitrogen and oxygen atoms in total. The normalized spacial score (nSPS) is 13.1. The Morgan fingerprint density at radius 2 is 0.882 bits per heavy atom. The molecule has 0 atom stereocenters. The number of unbranched alkanes of at least 4 members (excludes halogenated alkanes) is 7. The number of hydrogen-bond acceptors (Lipinski definition) is 4. The number of hydrogen-bond donors (Lipinski definition) is 0. The van der Waals surface area contributed by atoms with Crippen molar-refractivity contribution in [3.63, 3.8) is 0 Å². The molecule has 0 N–H and O–H groups in total. The highest BCUT2D eigenvalue weighted by Gasteiger charge is 2.29. The van der Waals surface area contributed by atoms with Crippen molar-refractivity contribution in [2.45, 2.75) is 111 Å². The molecule has 6 heteroatoms. The summed E-state index contributed by atoms with van der Waals surface area (Å²) in [5.41, 5.74) is 1.16. The summed E-state index contributed by atoms with van der Waals surface area (Å²) in [6.45, 7) is 11.9. The largest absolute Gasteiger partial charge is 0.272 e. The highest BCUT2D eigenvalue weighted by atomic mass is 16.2. The van der Waals surface area contributed by atoms with Crippen molar-refractivity contribution in [2.24, 2.45) is 0 Å². The molecule has 0 aliphatic rings. The van der Waals surface area contributed by atoms with Crippen LogP contribution in [-0.2, 0) is 6.42 Å². The molecule has 0 unspecified atom stereocenters. The third-order valence-corrected chi connectivity index (χ3v) is 12.0. The molecule has 51 heavy (non-hydrogen) atoms. The van der Waals surface area contributed by atoms with E-state index in [1.807, 2.05) is 45.9 Å². The van der Waals surface area contributed by atoms with Crippen molar-refractivity contribution in [2.75, 3.05) is 0 Å². The first kappa shape index (κ1) is 32.1. The number of aryl methyl sites for hydroxylation is 2. The molecular weight excluding hydrogens is 633 g/mol. The maximum absolute atomic E-state index is 14.3. The minimum atomic E-state index is -0.284. The highest BCUT2D eigenvalue weighted by Crippen LogP contribution is 2.52. The maximum Gasteiger partial charge on any atom is 0.261 e. The fourth-order valence-electron chi connectivity index (χ4n) is 9.71. The molecule has 0 bridgehead atoms. The second-order valence-corrected chi connectivity index (χ2v) is 15.8. The van der Waals surface area contributed by atoms with Gasteiger partial charge in [0.15, 0.2) is 0 Å². The van der Waals surface area contributed by atoms with Crippen molar-refractivity contribution in [1.29, 1.82) is 0 Å². The van der Waals surface area contributed by atoms with E-state index in [2.05, 4.69) is 32.0 Å². The van der Waals surface area contributed by atoms with Gasteiger partial charge in [0.05, 0.1) is 0 Å². The predicted molar refractivity (Wildman–Crippen MR) is 215 cm³/mol. The van der Waals surface area contributed by atoms with Crippen LogP contribution in [0.4, 0.5) is 0 Å². The second kappa shape index (κ2) is 11.3. The molecule has 0 aliphatic heterocycles. The summed E-state index contributed by atoms with van der Waals surface area (Å²) in [6.07, 6.45) is 10.6. The van der Waals surface area contributed by atoms with Crippen molar-refractivity contribution in [1.82, 2.24) is 9.13 Å². The fourth-order valence-corrected chi connectivity index (χ4v) is 9.71. The Morgan fingerprint density at radius 3 is 1.39 bits per heavy atom. The first-order valence-corrected chi connectivity index (χ1v) is 19.1. The van der Waals surface area contributed by atoms with E-state index in [1.165, 1.54) is 47.7 Å². The van der Waals surface area contributed by atoms with Gasteiger partial charge in [-0.2, -0.15) is 0 Å². The summed E-state index contributed by atoms with van der Waals surface area (Å²) >= 11 is 0. The van der Waals surface area contributed by atoms with Crippen LogP contribution < -0.4 is 22.2 Å². The topological polar surface area (TPSA) is 78.1 Å². The third kappa shape index (κ3) is 4.22. The minimum Gasteiger partial charge on any atom is -0.272 e. The number of rotatable bonds is 11. The molecule has 9 aromatic rings. The lowest BCUT2D eigenvalue weighted by molar-refractivity contribution is 0.568. The molecule has 0 fully saturated rings. The van der Waals surface area contributed by atoms with E-state index in [0.29, 0.717) is 21.5 Å². The highest BCUT2D eigenvalue weighted by molar-refractivity contribution is 6.49. The van der Waals surface area contributed by atoms with Gasteiger partial charge in [0.25, 0.3) is 22.2 Å². The van der Waals surface area contributed by atoms with Gasteiger partial charge >= 0.3 is 0 Å². The third-order valence-electron chi connectivity index (χ3n) is 12.0. The van der Waals surface area contributed by atoms with Gasteiger partial charge in [-0.15, -0.1) is 0 Å². The van der Waals surface area contributed by atoms with Gasteiger partial charge in [-0.25, -0.2) is 0 Å². The van der Waals surface area contributed by atoms with E-state index in [0.717, 1.165) is 95.0 Å². The Labute approximate surface area is 295 Å². The minimum absolute atomic E-state index is 0.244. The zero-order chi connectivity index (χ0) is 35.6. The van der Waals surface area contributed by atoms with Gasteiger partial charge in [0, 0.05) is 55.2 Å². The molecule has 0 saturated carbocycles. The summed E-state index contributed by atoms with van der Waals surface area (Å²) in [6, 6.07) is 11.8. The Balaban J connectivity index is 1.47. The fraction of sp³-hybridized carbons (Fsp3) is 0.378. The van der Waals surface area contributed by atoms with Crippen molar-refractivity contribution < 1.29 is 0 Å². The van der Waals surface area contributed by atoms with Crippen LogP contribution in [0.3, 0.4) is 0 Å². The van der Waals surface area contributed by atoms with Crippen LogP contribution in [0.15, 0.2) is 55.6 Å². The Kier molecular flexibility index (Phi) is 7.13. The van der Waals surface area contributed by atoms with Gasteiger partial charge < -0.3 is 0 Å². The number of benzene rings is 7. The molecule has 0 saturated heterocycles. The van der Waals surface area contributed by atoms with E-state index >= 15 is 0 Å². The summed E-state index contributed by atoms with van der Waals surface area (Å²) in [7, 11) is 0. The smallest absolute Gasteiger partial charge is 0.261 e. The summed E-state index contributed by atoms with van der Waals surface area (Å²) in [4.78, 5) is 56.9. The monoisotopic (exact) mass is 676 g/mol. The first-order valence-electron chi connectivity index (χ1n) is 19.1. The summed E-state index contributed by atoms with van der Waals surface area (Å²) in [5.74, 6) is 0. The Bertz CT molecular complexity index is 3060. The Morgan fingerprint density at radius 1 is 0.451 bits per heavy atom. The molecule has 0 spiro atoms. The lowest BCUT2D eigenvalue weighted by atomic mass is 9.78. The zero-order valence-electron chi connectivity index (χ0n) is 30.5.